The summed E-state index contributed by atoms with van der Waals surface area (Å²) in [7, 11) is 0. The van der Waals surface area contributed by atoms with Crippen molar-refractivity contribution >= 4 is 5.91 Å². The van der Waals surface area contributed by atoms with Crippen molar-refractivity contribution in [2.75, 3.05) is 26.4 Å². The molecule has 0 saturated carbocycles. The Bertz CT molecular complexity index is 2110. The number of aliphatic hydroxyl groups excluding tert-OH is 11. The molecule has 608 valence electrons. The quantitative estimate of drug-likeness (QED) is 0.0199. The van der Waals surface area contributed by atoms with Crippen LogP contribution in [0, 0.1) is 0 Å². The molecule has 0 bridgehead atoms. The fourth-order valence-electron chi connectivity index (χ4n) is 14.2. The molecule has 1 amide bonds. The number of ether oxygens (including phenoxy) is 6. The summed E-state index contributed by atoms with van der Waals surface area (Å²) in [6, 6.07) is -0.997. The summed E-state index contributed by atoms with van der Waals surface area (Å²) in [5.74, 6) is -0.284. The summed E-state index contributed by atoms with van der Waals surface area (Å²) >= 11 is 0. The molecule has 0 spiro atoms. The first kappa shape index (κ1) is 95.7. The lowest BCUT2D eigenvalue weighted by molar-refractivity contribution is -0.379. The first-order valence-corrected chi connectivity index (χ1v) is 42.5. The molecule has 3 saturated heterocycles. The van der Waals surface area contributed by atoms with E-state index in [0.29, 0.717) is 12.8 Å². The Morgan fingerprint density at radius 3 is 1.02 bits per heavy atom. The highest BCUT2D eigenvalue weighted by Crippen LogP contribution is 2.33. The molecule has 0 aromatic heterocycles. The highest BCUT2D eigenvalue weighted by Gasteiger charge is 2.54. The fraction of sp³-hybridized carbons (Fsp3) is 0.871. The van der Waals surface area contributed by atoms with Crippen LogP contribution in [0.3, 0.4) is 0 Å². The van der Waals surface area contributed by atoms with E-state index in [2.05, 4.69) is 67.8 Å². The van der Waals surface area contributed by atoms with Gasteiger partial charge in [0.25, 0.3) is 0 Å². The molecule has 3 heterocycles. The molecule has 0 aromatic rings. The van der Waals surface area contributed by atoms with Crippen molar-refractivity contribution in [1.29, 1.82) is 0 Å². The number of nitrogens with one attached hydrogen (secondary N) is 1. The van der Waals surface area contributed by atoms with Crippen LogP contribution in [0.4, 0.5) is 0 Å². The number of carbonyl (C=O) groups is 1. The zero-order chi connectivity index (χ0) is 75.3. The summed E-state index contributed by atoms with van der Waals surface area (Å²) in [5.41, 5.74) is 0. The van der Waals surface area contributed by atoms with E-state index in [9.17, 15) is 61.0 Å². The number of rotatable bonds is 68. The number of unbranched alkanes of at least 4 members (excludes halogenated alkanes) is 44. The van der Waals surface area contributed by atoms with Crippen LogP contribution in [-0.2, 0) is 33.2 Å². The van der Waals surface area contributed by atoms with Crippen LogP contribution in [0.5, 0.6) is 0 Å². The van der Waals surface area contributed by atoms with E-state index in [0.717, 1.165) is 51.4 Å². The van der Waals surface area contributed by atoms with Crippen LogP contribution in [0.25, 0.3) is 0 Å². The number of hydrogen-bond donors (Lipinski definition) is 12. The lowest BCUT2D eigenvalue weighted by Gasteiger charge is -2.48. The van der Waals surface area contributed by atoms with Crippen molar-refractivity contribution in [2.24, 2.45) is 0 Å². The second kappa shape index (κ2) is 65.2. The zero-order valence-electron chi connectivity index (χ0n) is 65.3. The molecule has 3 aliphatic heterocycles. The predicted octanol–water partition coefficient (Wildman–Crippen LogP) is 15.0. The smallest absolute Gasteiger partial charge is 0.220 e. The predicted molar refractivity (Wildman–Crippen MR) is 415 cm³/mol. The molecule has 0 aromatic carbocycles. The Hall–Kier alpha value is -2.51. The van der Waals surface area contributed by atoms with Gasteiger partial charge in [-0.25, -0.2) is 0 Å². The maximum atomic E-state index is 13.5. The Morgan fingerprint density at radius 1 is 0.346 bits per heavy atom. The first-order chi connectivity index (χ1) is 50.8. The molecular formula is C85H155NO18. The highest BCUT2D eigenvalue weighted by atomic mass is 16.8. The standard InChI is InChI=1S/C85H155NO18/c1-3-5-7-9-11-13-15-17-19-21-23-24-25-26-27-28-29-30-31-32-33-34-35-36-37-38-39-40-41-42-43-44-45-47-49-51-53-55-57-59-61-63-73(91)86-68(69(90)62-60-58-56-54-52-50-48-46-22-20-18-16-14-12-10-8-6-4-2)67-99-83-79(97)76(94)81(71(65-88)101-83)104-85-80(98)77(95)82(72(66-89)102-85)103-84-78(96)75(93)74(92)70(64-87)100-84/h15,17,21-23,46,52,54,60,62,68-72,74-85,87-90,92-98H,3-14,16,18-20,24-45,47-51,53,55-59,61,63-67H2,1-2H3,(H,86,91)/b17-15-,23-21-,46-22+,54-52+,62-60+. The van der Waals surface area contributed by atoms with Crippen molar-refractivity contribution in [3.8, 4) is 0 Å². The van der Waals surface area contributed by atoms with Gasteiger partial charge in [-0.2, -0.15) is 0 Å². The summed E-state index contributed by atoms with van der Waals surface area (Å²) in [5, 5.41) is 121. The van der Waals surface area contributed by atoms with Gasteiger partial charge < -0.3 is 89.9 Å². The third-order valence-electron chi connectivity index (χ3n) is 21.0. The fourth-order valence-corrected chi connectivity index (χ4v) is 14.2. The van der Waals surface area contributed by atoms with E-state index in [4.69, 9.17) is 28.4 Å². The van der Waals surface area contributed by atoms with Crippen LogP contribution < -0.4 is 5.32 Å². The second-order valence-corrected chi connectivity index (χ2v) is 30.3. The van der Waals surface area contributed by atoms with Crippen molar-refractivity contribution < 1.29 is 89.4 Å². The molecule has 104 heavy (non-hydrogen) atoms. The summed E-state index contributed by atoms with van der Waals surface area (Å²) in [4.78, 5) is 13.5. The van der Waals surface area contributed by atoms with Crippen molar-refractivity contribution in [2.45, 2.75) is 446 Å². The van der Waals surface area contributed by atoms with Gasteiger partial charge in [0.2, 0.25) is 5.91 Å². The molecule has 17 atom stereocenters. The minimum absolute atomic E-state index is 0.235. The molecule has 0 aliphatic carbocycles. The number of aliphatic hydroxyl groups is 11. The van der Waals surface area contributed by atoms with E-state index in [-0.39, 0.29) is 18.9 Å². The first-order valence-electron chi connectivity index (χ1n) is 42.5. The topological polar surface area (TPSA) is 307 Å². The lowest BCUT2D eigenvalue weighted by Crippen LogP contribution is -2.66. The van der Waals surface area contributed by atoms with E-state index in [1.165, 1.54) is 257 Å². The van der Waals surface area contributed by atoms with Gasteiger partial charge in [-0.1, -0.05) is 319 Å². The van der Waals surface area contributed by atoms with Crippen LogP contribution in [0.2, 0.25) is 0 Å². The Labute approximate surface area is 630 Å². The molecule has 3 fully saturated rings. The Kier molecular flexibility index (Phi) is 60.0. The van der Waals surface area contributed by atoms with Gasteiger partial charge >= 0.3 is 0 Å². The van der Waals surface area contributed by atoms with Crippen LogP contribution in [0.15, 0.2) is 60.8 Å². The van der Waals surface area contributed by atoms with E-state index in [1.807, 2.05) is 6.08 Å². The van der Waals surface area contributed by atoms with Gasteiger partial charge in [0.05, 0.1) is 38.6 Å². The van der Waals surface area contributed by atoms with E-state index >= 15 is 0 Å². The van der Waals surface area contributed by atoms with Crippen LogP contribution in [-0.4, -0.2) is 193 Å². The molecule has 3 rings (SSSR count). The zero-order valence-corrected chi connectivity index (χ0v) is 65.3. The average Bonchev–Trinajstić information content (AvgIpc) is 0.783. The van der Waals surface area contributed by atoms with Gasteiger partial charge in [-0.3, -0.25) is 4.79 Å². The molecule has 19 heteroatoms. The monoisotopic (exact) mass is 1480 g/mol. The summed E-state index contributed by atoms with van der Waals surface area (Å²) < 4.78 is 34.4. The van der Waals surface area contributed by atoms with E-state index < -0.39 is 124 Å². The number of carbonyl (C=O) groups excluding carboxylic acids is 1. The van der Waals surface area contributed by atoms with Gasteiger partial charge in [-0.05, 0) is 77.0 Å². The molecule has 0 radical (unpaired) electrons. The molecule has 3 aliphatic rings. The largest absolute Gasteiger partial charge is 0.394 e. The average molecular weight is 1480 g/mol. The molecule has 17 unspecified atom stereocenters. The number of amides is 1. The minimum Gasteiger partial charge on any atom is -0.394 e. The second-order valence-electron chi connectivity index (χ2n) is 30.3. The maximum absolute atomic E-state index is 13.5. The molecule has 12 N–H and O–H groups in total. The summed E-state index contributed by atoms with van der Waals surface area (Å²) in [6.07, 6.45) is 58.2. The highest BCUT2D eigenvalue weighted by molar-refractivity contribution is 5.76. The van der Waals surface area contributed by atoms with Crippen molar-refractivity contribution in [1.82, 2.24) is 5.32 Å². The van der Waals surface area contributed by atoms with Gasteiger partial charge in [0, 0.05) is 6.42 Å². The maximum Gasteiger partial charge on any atom is 0.220 e. The Balaban J connectivity index is 1.29. The van der Waals surface area contributed by atoms with E-state index in [1.54, 1.807) is 6.08 Å². The SMILES string of the molecule is CCCCCCC/C=C\C/C=C\CCCCCCCCCCCCCCCCCCCCCCCCCCCCCCCC(=O)NC(COC1OC(CO)C(OC2OC(CO)C(OC3OC(CO)C(O)C(O)C3O)C(O)C2O)C(O)C1O)C(O)/C=C/CC/C=C/CC/C=C/CCCCCCCCCC. The minimum atomic E-state index is -1.98. The molecular weight excluding hydrogens is 1320 g/mol. The lowest BCUT2D eigenvalue weighted by atomic mass is 9.96. The number of allylic oxidation sites excluding steroid dienone is 9. The van der Waals surface area contributed by atoms with Crippen molar-refractivity contribution in [3.63, 3.8) is 0 Å². The Morgan fingerprint density at radius 2 is 0.644 bits per heavy atom. The van der Waals surface area contributed by atoms with Gasteiger partial charge in [0.15, 0.2) is 18.9 Å². The summed E-state index contributed by atoms with van der Waals surface area (Å²) in [6.45, 7) is 1.73. The molecule has 19 nitrogen and oxygen atoms in total. The van der Waals surface area contributed by atoms with Crippen LogP contribution in [0.1, 0.15) is 341 Å². The number of hydrogen-bond acceptors (Lipinski definition) is 18. The van der Waals surface area contributed by atoms with Crippen LogP contribution >= 0.6 is 0 Å². The van der Waals surface area contributed by atoms with Gasteiger partial charge in [-0.15, -0.1) is 0 Å². The van der Waals surface area contributed by atoms with Crippen molar-refractivity contribution in [3.05, 3.63) is 60.8 Å². The third kappa shape index (κ3) is 44.4. The third-order valence-corrected chi connectivity index (χ3v) is 21.0. The normalized spacial score (nSPS) is 26.2. The van der Waals surface area contributed by atoms with Gasteiger partial charge in [0.1, 0.15) is 73.2 Å².